The van der Waals surface area contributed by atoms with Gasteiger partial charge in [0, 0.05) is 0 Å². The van der Waals surface area contributed by atoms with E-state index in [4.69, 9.17) is 17.3 Å². The first-order valence-corrected chi connectivity index (χ1v) is 5.03. The van der Waals surface area contributed by atoms with Gasteiger partial charge in [-0.25, -0.2) is 0 Å². The molecule has 0 aromatic heterocycles. The molecule has 1 aromatic carbocycles. The molecule has 0 unspecified atom stereocenters. The minimum Gasteiger partial charge on any atom is -0.397 e. The number of hydrogen-bond acceptors (Lipinski definition) is 2. The van der Waals surface area contributed by atoms with Gasteiger partial charge in [0.2, 0.25) is 0 Å². The Bertz CT molecular complexity index is 377. The van der Waals surface area contributed by atoms with E-state index in [1.807, 2.05) is 0 Å². The summed E-state index contributed by atoms with van der Waals surface area (Å²) in [5.41, 5.74) is 4.53. The van der Waals surface area contributed by atoms with Crippen molar-refractivity contribution >= 4 is 17.3 Å². The van der Waals surface area contributed by atoms with E-state index < -0.39 is 17.4 Å². The molecule has 0 aliphatic rings. The fraction of sp³-hybridized carbons (Fsp3) is 0.400. The van der Waals surface area contributed by atoms with E-state index in [0.717, 1.165) is 6.07 Å². The summed E-state index contributed by atoms with van der Waals surface area (Å²) in [5, 5.41) is 2.80. The molecule has 0 heterocycles. The molecule has 0 aliphatic carbocycles. The third-order valence-corrected chi connectivity index (χ3v) is 2.47. The maximum absolute atomic E-state index is 12.6. The second-order valence-corrected chi connectivity index (χ2v) is 3.80. The fourth-order valence-corrected chi connectivity index (χ4v) is 1.56. The lowest BCUT2D eigenvalue weighted by Crippen LogP contribution is -2.13. The molecule has 0 saturated heterocycles. The molecule has 6 heteroatoms. The molecule has 0 atom stereocenters. The van der Waals surface area contributed by atoms with Crippen molar-refractivity contribution < 1.29 is 13.2 Å². The molecule has 0 radical (unpaired) electrons. The normalized spacial score (nSPS) is 11.8. The summed E-state index contributed by atoms with van der Waals surface area (Å²) < 4.78 is 37.7. The van der Waals surface area contributed by atoms with Gasteiger partial charge in [-0.05, 0) is 37.7 Å². The molecular formula is C10H12ClF3N2. The van der Waals surface area contributed by atoms with Gasteiger partial charge < -0.3 is 11.1 Å². The number of nitrogens with two attached hydrogens (primary N) is 1. The molecule has 0 fully saturated rings. The third kappa shape index (κ3) is 3.02. The average Bonchev–Trinajstić information content (AvgIpc) is 2.17. The van der Waals surface area contributed by atoms with Gasteiger partial charge >= 0.3 is 6.18 Å². The smallest absolute Gasteiger partial charge is 0.397 e. The number of halogens is 4. The van der Waals surface area contributed by atoms with Crippen molar-refractivity contribution in [2.24, 2.45) is 0 Å². The van der Waals surface area contributed by atoms with Gasteiger partial charge in [0.1, 0.15) is 0 Å². The van der Waals surface area contributed by atoms with Gasteiger partial charge in [-0.15, -0.1) is 0 Å². The van der Waals surface area contributed by atoms with Crippen LogP contribution < -0.4 is 11.1 Å². The van der Waals surface area contributed by atoms with Crippen LogP contribution in [0.1, 0.15) is 11.1 Å². The second kappa shape index (κ2) is 4.93. The maximum atomic E-state index is 12.6. The van der Waals surface area contributed by atoms with Crippen molar-refractivity contribution in [1.29, 1.82) is 0 Å². The van der Waals surface area contributed by atoms with Crippen LogP contribution >= 0.6 is 11.6 Å². The van der Waals surface area contributed by atoms with Gasteiger partial charge in [-0.1, -0.05) is 11.6 Å². The van der Waals surface area contributed by atoms with Crippen molar-refractivity contribution in [3.63, 3.8) is 0 Å². The Morgan fingerprint density at radius 2 is 2.00 bits per heavy atom. The molecule has 0 amide bonds. The topological polar surface area (TPSA) is 38.0 Å². The SMILES string of the molecule is CNCCc1cc(Cl)c(N)c(C(F)(F)F)c1. The first-order chi connectivity index (χ1) is 7.36. The van der Waals surface area contributed by atoms with E-state index in [2.05, 4.69) is 5.32 Å². The summed E-state index contributed by atoms with van der Waals surface area (Å²) in [4.78, 5) is 0. The van der Waals surface area contributed by atoms with Crippen LogP contribution in [-0.2, 0) is 12.6 Å². The number of hydrogen-bond donors (Lipinski definition) is 2. The summed E-state index contributed by atoms with van der Waals surface area (Å²) in [6.07, 6.45) is -4.00. The van der Waals surface area contributed by atoms with E-state index in [0.29, 0.717) is 18.5 Å². The number of likely N-dealkylation sites (N-methyl/N-ethyl adjacent to an activating group) is 1. The van der Waals surface area contributed by atoms with Crippen molar-refractivity contribution in [3.8, 4) is 0 Å². The highest BCUT2D eigenvalue weighted by atomic mass is 35.5. The lowest BCUT2D eigenvalue weighted by molar-refractivity contribution is -0.136. The zero-order chi connectivity index (χ0) is 12.3. The van der Waals surface area contributed by atoms with Crippen LogP contribution in [0, 0.1) is 0 Å². The standard InChI is InChI=1S/C10H12ClF3N2/c1-16-3-2-6-4-7(10(12,13)14)9(15)8(11)5-6/h4-5,16H,2-3,15H2,1H3. The lowest BCUT2D eigenvalue weighted by Gasteiger charge is -2.13. The summed E-state index contributed by atoms with van der Waals surface area (Å²) in [6.45, 7) is 0.581. The largest absolute Gasteiger partial charge is 0.418 e. The van der Waals surface area contributed by atoms with Gasteiger partial charge in [-0.3, -0.25) is 0 Å². The molecule has 0 saturated carbocycles. The molecule has 90 valence electrons. The Hall–Kier alpha value is -0.940. The van der Waals surface area contributed by atoms with Crippen LogP contribution in [0.5, 0.6) is 0 Å². The third-order valence-electron chi connectivity index (χ3n) is 2.16. The Labute approximate surface area is 96.6 Å². The van der Waals surface area contributed by atoms with Crippen LogP contribution in [0.3, 0.4) is 0 Å². The Morgan fingerprint density at radius 1 is 1.38 bits per heavy atom. The van der Waals surface area contributed by atoms with E-state index in [-0.39, 0.29) is 5.02 Å². The molecule has 16 heavy (non-hydrogen) atoms. The number of alkyl halides is 3. The summed E-state index contributed by atoms with van der Waals surface area (Å²) in [5.74, 6) is 0. The van der Waals surface area contributed by atoms with Crippen LogP contribution in [-0.4, -0.2) is 13.6 Å². The van der Waals surface area contributed by atoms with Crippen LogP contribution in [0.25, 0.3) is 0 Å². The van der Waals surface area contributed by atoms with E-state index in [9.17, 15) is 13.2 Å². The monoisotopic (exact) mass is 252 g/mol. The molecule has 1 rings (SSSR count). The highest BCUT2D eigenvalue weighted by Crippen LogP contribution is 2.37. The van der Waals surface area contributed by atoms with Crippen molar-refractivity contribution in [3.05, 3.63) is 28.3 Å². The van der Waals surface area contributed by atoms with E-state index in [1.165, 1.54) is 6.07 Å². The quantitative estimate of drug-likeness (QED) is 0.812. The minimum atomic E-state index is -4.47. The average molecular weight is 253 g/mol. The molecule has 2 nitrogen and oxygen atoms in total. The van der Waals surface area contributed by atoms with Crippen molar-refractivity contribution in [2.75, 3.05) is 19.3 Å². The van der Waals surface area contributed by atoms with Crippen LogP contribution in [0.4, 0.5) is 18.9 Å². The molecule has 1 aromatic rings. The number of nitrogen functional groups attached to an aromatic ring is 1. The predicted octanol–water partition coefficient (Wildman–Crippen LogP) is 2.70. The number of benzene rings is 1. The summed E-state index contributed by atoms with van der Waals surface area (Å²) in [6, 6.07) is 2.50. The molecule has 0 bridgehead atoms. The fourth-order valence-electron chi connectivity index (χ4n) is 1.32. The first-order valence-electron chi connectivity index (χ1n) is 4.66. The van der Waals surface area contributed by atoms with E-state index in [1.54, 1.807) is 7.05 Å². The highest BCUT2D eigenvalue weighted by molar-refractivity contribution is 6.33. The second-order valence-electron chi connectivity index (χ2n) is 3.39. The summed E-state index contributed by atoms with van der Waals surface area (Å²) >= 11 is 5.66. The van der Waals surface area contributed by atoms with Crippen LogP contribution in [0.15, 0.2) is 12.1 Å². The molecule has 3 N–H and O–H groups in total. The van der Waals surface area contributed by atoms with E-state index >= 15 is 0 Å². The molecular weight excluding hydrogens is 241 g/mol. The Balaban J connectivity index is 3.12. The predicted molar refractivity (Wildman–Crippen MR) is 58.5 cm³/mol. The Kier molecular flexibility index (Phi) is 4.04. The van der Waals surface area contributed by atoms with Crippen LogP contribution in [0.2, 0.25) is 5.02 Å². The number of rotatable bonds is 3. The molecule has 0 aliphatic heterocycles. The first kappa shape index (κ1) is 13.1. The van der Waals surface area contributed by atoms with Crippen molar-refractivity contribution in [1.82, 2.24) is 5.32 Å². The van der Waals surface area contributed by atoms with Gasteiger partial charge in [0.25, 0.3) is 0 Å². The highest BCUT2D eigenvalue weighted by Gasteiger charge is 2.34. The zero-order valence-corrected chi connectivity index (χ0v) is 9.41. The van der Waals surface area contributed by atoms with Gasteiger partial charge in [0.15, 0.2) is 0 Å². The zero-order valence-electron chi connectivity index (χ0n) is 8.66. The summed E-state index contributed by atoms with van der Waals surface area (Å²) in [7, 11) is 1.73. The van der Waals surface area contributed by atoms with Gasteiger partial charge in [0.05, 0.1) is 16.3 Å². The molecule has 0 spiro atoms. The Morgan fingerprint density at radius 3 is 2.50 bits per heavy atom. The number of anilines is 1. The number of nitrogens with one attached hydrogen (secondary N) is 1. The maximum Gasteiger partial charge on any atom is 0.418 e. The van der Waals surface area contributed by atoms with Crippen molar-refractivity contribution in [2.45, 2.75) is 12.6 Å². The van der Waals surface area contributed by atoms with Gasteiger partial charge in [-0.2, -0.15) is 13.2 Å². The lowest BCUT2D eigenvalue weighted by atomic mass is 10.1. The minimum absolute atomic E-state index is 0.0547.